The number of aryl methyl sites for hydroxylation is 2. The predicted octanol–water partition coefficient (Wildman–Crippen LogP) is 5.86. The lowest BCUT2D eigenvalue weighted by molar-refractivity contribution is 0.0697. The maximum atomic E-state index is 12.6. The number of benzene rings is 3. The zero-order valence-electron chi connectivity index (χ0n) is 20.0. The van der Waals surface area contributed by atoms with Crippen molar-refractivity contribution in [3.63, 3.8) is 0 Å². The lowest BCUT2D eigenvalue weighted by Gasteiger charge is -2.19. The number of hydrogen-bond donors (Lipinski definition) is 2. The van der Waals surface area contributed by atoms with Crippen LogP contribution in [-0.4, -0.2) is 23.4 Å². The van der Waals surface area contributed by atoms with Crippen LogP contribution in [-0.2, 0) is 0 Å². The van der Waals surface area contributed by atoms with Gasteiger partial charge in [-0.3, -0.25) is 9.79 Å². The van der Waals surface area contributed by atoms with Gasteiger partial charge in [0.05, 0.1) is 10.9 Å². The Labute approximate surface area is 198 Å². The zero-order chi connectivity index (χ0) is 24.7. The van der Waals surface area contributed by atoms with E-state index >= 15 is 0 Å². The summed E-state index contributed by atoms with van der Waals surface area (Å²) in [5.74, 6) is -0.852. The molecule has 0 saturated carbocycles. The van der Waals surface area contributed by atoms with Gasteiger partial charge in [-0.25, -0.2) is 4.79 Å². The number of anilines is 1. The van der Waals surface area contributed by atoms with Gasteiger partial charge >= 0.3 is 5.97 Å². The SMILES string of the molecule is CCN=c1cc2oc3cc(N)c(C)cc3c(-c3ccc(C(=O)C(C)C)cc3C(=O)O)c-2cc1C. The van der Waals surface area contributed by atoms with Gasteiger partial charge in [-0.1, -0.05) is 26.0 Å². The van der Waals surface area contributed by atoms with Gasteiger partial charge in [0.1, 0.15) is 11.3 Å². The highest BCUT2D eigenvalue weighted by Gasteiger charge is 2.24. The first-order chi connectivity index (χ1) is 16.1. The highest BCUT2D eigenvalue weighted by atomic mass is 16.4. The molecule has 2 aliphatic rings. The molecular formula is C28H28N2O4. The van der Waals surface area contributed by atoms with Crippen LogP contribution >= 0.6 is 0 Å². The number of ketones is 1. The van der Waals surface area contributed by atoms with E-state index in [2.05, 4.69) is 4.99 Å². The number of Topliss-reactive ketones (excluding diaryl/α,β-unsaturated/α-hetero) is 1. The van der Waals surface area contributed by atoms with E-state index in [1.54, 1.807) is 32.0 Å². The molecule has 0 radical (unpaired) electrons. The summed E-state index contributed by atoms with van der Waals surface area (Å²) in [6.45, 7) is 10.1. The molecule has 1 aliphatic heterocycles. The number of hydrogen-bond acceptors (Lipinski definition) is 5. The number of carbonyl (C=O) groups is 2. The van der Waals surface area contributed by atoms with Crippen molar-refractivity contribution in [3.05, 3.63) is 70.1 Å². The number of nitrogen functional groups attached to an aromatic ring is 1. The molecule has 4 rings (SSSR count). The first-order valence-electron chi connectivity index (χ1n) is 11.3. The van der Waals surface area contributed by atoms with Gasteiger partial charge in [0.15, 0.2) is 5.78 Å². The van der Waals surface area contributed by atoms with Crippen molar-refractivity contribution in [1.29, 1.82) is 0 Å². The lowest BCUT2D eigenvalue weighted by atomic mass is 9.87. The van der Waals surface area contributed by atoms with Crippen LogP contribution in [0.3, 0.4) is 0 Å². The minimum atomic E-state index is -1.10. The lowest BCUT2D eigenvalue weighted by Crippen LogP contribution is -2.11. The number of fused-ring (bicyclic) bond motifs is 2. The second-order valence-electron chi connectivity index (χ2n) is 8.88. The average Bonchev–Trinajstić information content (AvgIpc) is 2.79. The van der Waals surface area contributed by atoms with Gasteiger partial charge in [0, 0.05) is 52.4 Å². The zero-order valence-corrected chi connectivity index (χ0v) is 20.0. The van der Waals surface area contributed by atoms with Crippen molar-refractivity contribution >= 4 is 28.4 Å². The van der Waals surface area contributed by atoms with Gasteiger partial charge in [0.2, 0.25) is 0 Å². The molecule has 0 unspecified atom stereocenters. The van der Waals surface area contributed by atoms with Crippen molar-refractivity contribution in [2.75, 3.05) is 12.3 Å². The Bertz CT molecular complexity index is 1490. The molecule has 0 saturated heterocycles. The van der Waals surface area contributed by atoms with Gasteiger partial charge in [0.25, 0.3) is 0 Å². The summed E-state index contributed by atoms with van der Waals surface area (Å²) in [6.07, 6.45) is 0. The fraction of sp³-hybridized carbons (Fsp3) is 0.250. The standard InChI is InChI=1S/C28H28N2O4/c1-6-30-23-13-25-21(10-16(23)5)26(20-9-15(4)22(29)12-24(20)34-25)18-8-7-17(27(31)14(2)3)11-19(18)28(32)33/h7-14H,6,29H2,1-5H3,(H,32,33). The first-order valence-corrected chi connectivity index (χ1v) is 11.3. The third-order valence-electron chi connectivity index (χ3n) is 6.08. The minimum absolute atomic E-state index is 0.0646. The molecule has 6 nitrogen and oxygen atoms in total. The number of carboxylic acids is 1. The topological polar surface area (TPSA) is 106 Å². The Kier molecular flexibility index (Phi) is 6.00. The number of carbonyl (C=O) groups excluding carboxylic acids is 1. The molecule has 6 heteroatoms. The van der Waals surface area contributed by atoms with E-state index in [1.807, 2.05) is 39.0 Å². The van der Waals surface area contributed by atoms with Crippen molar-refractivity contribution in [1.82, 2.24) is 0 Å². The summed E-state index contributed by atoms with van der Waals surface area (Å²) >= 11 is 0. The van der Waals surface area contributed by atoms with E-state index in [4.69, 9.17) is 10.2 Å². The van der Waals surface area contributed by atoms with Crippen LogP contribution in [0.25, 0.3) is 33.4 Å². The van der Waals surface area contributed by atoms with Crippen molar-refractivity contribution in [2.45, 2.75) is 34.6 Å². The van der Waals surface area contributed by atoms with Gasteiger partial charge in [-0.15, -0.1) is 0 Å². The molecule has 0 bridgehead atoms. The van der Waals surface area contributed by atoms with Crippen LogP contribution in [0.2, 0.25) is 0 Å². The summed E-state index contributed by atoms with van der Waals surface area (Å²) in [5, 5.41) is 11.7. The van der Waals surface area contributed by atoms with Crippen molar-refractivity contribution in [2.24, 2.45) is 10.9 Å². The molecule has 0 amide bonds. The van der Waals surface area contributed by atoms with Crippen LogP contribution in [0, 0.1) is 19.8 Å². The summed E-state index contributed by atoms with van der Waals surface area (Å²) in [7, 11) is 0. The molecule has 0 atom stereocenters. The third-order valence-corrected chi connectivity index (χ3v) is 6.08. The fourth-order valence-corrected chi connectivity index (χ4v) is 4.26. The molecule has 2 aromatic rings. The van der Waals surface area contributed by atoms with E-state index in [9.17, 15) is 14.7 Å². The molecule has 34 heavy (non-hydrogen) atoms. The van der Waals surface area contributed by atoms with Crippen molar-refractivity contribution in [3.8, 4) is 22.5 Å². The van der Waals surface area contributed by atoms with Crippen molar-refractivity contribution < 1.29 is 19.1 Å². The molecule has 2 aromatic carbocycles. The van der Waals surface area contributed by atoms with E-state index < -0.39 is 5.97 Å². The quantitative estimate of drug-likeness (QED) is 0.222. The van der Waals surface area contributed by atoms with Crippen LogP contribution in [0.1, 0.15) is 52.6 Å². The van der Waals surface area contributed by atoms with Crippen LogP contribution in [0.5, 0.6) is 0 Å². The summed E-state index contributed by atoms with van der Waals surface area (Å²) in [6, 6.07) is 12.4. The van der Waals surface area contributed by atoms with Gasteiger partial charge in [-0.2, -0.15) is 0 Å². The fourth-order valence-electron chi connectivity index (χ4n) is 4.26. The smallest absolute Gasteiger partial charge is 0.336 e. The first kappa shape index (κ1) is 23.2. The van der Waals surface area contributed by atoms with Crippen LogP contribution in [0.4, 0.5) is 5.69 Å². The summed E-state index contributed by atoms with van der Waals surface area (Å²) in [5.41, 5.74) is 11.6. The number of rotatable bonds is 5. The Hall–Kier alpha value is -3.93. The Morgan fingerprint density at radius 2 is 1.76 bits per heavy atom. The Morgan fingerprint density at radius 3 is 2.41 bits per heavy atom. The number of nitrogens with two attached hydrogens (primary N) is 1. The van der Waals surface area contributed by atoms with Gasteiger partial charge in [-0.05, 0) is 55.7 Å². The van der Waals surface area contributed by atoms with E-state index in [1.165, 1.54) is 6.07 Å². The summed E-state index contributed by atoms with van der Waals surface area (Å²) < 4.78 is 6.24. The molecule has 1 heterocycles. The third kappa shape index (κ3) is 3.96. The summed E-state index contributed by atoms with van der Waals surface area (Å²) in [4.78, 5) is 29.5. The second-order valence-corrected chi connectivity index (χ2v) is 8.88. The number of nitrogens with zero attached hydrogens (tertiary/aromatic N) is 1. The highest BCUT2D eigenvalue weighted by Crippen LogP contribution is 2.42. The average molecular weight is 457 g/mol. The minimum Gasteiger partial charge on any atom is -0.478 e. The van der Waals surface area contributed by atoms with E-state index in [0.29, 0.717) is 34.7 Å². The van der Waals surface area contributed by atoms with E-state index in [-0.39, 0.29) is 17.3 Å². The molecule has 174 valence electrons. The largest absolute Gasteiger partial charge is 0.478 e. The molecule has 0 spiro atoms. The highest BCUT2D eigenvalue weighted by molar-refractivity contribution is 6.09. The van der Waals surface area contributed by atoms with Gasteiger partial charge < -0.3 is 15.3 Å². The predicted molar refractivity (Wildman–Crippen MR) is 134 cm³/mol. The Balaban J connectivity index is 2.17. The molecule has 0 aromatic heterocycles. The maximum absolute atomic E-state index is 12.6. The normalized spacial score (nSPS) is 12.1. The molecule has 0 fully saturated rings. The molecule has 1 aliphatic carbocycles. The van der Waals surface area contributed by atoms with Crippen LogP contribution < -0.4 is 11.1 Å². The monoisotopic (exact) mass is 456 g/mol. The van der Waals surface area contributed by atoms with Crippen LogP contribution in [0.15, 0.2) is 51.9 Å². The number of aromatic carboxylic acids is 1. The number of carboxylic acid groups (broad SMARTS) is 1. The maximum Gasteiger partial charge on any atom is 0.336 e. The molecular weight excluding hydrogens is 428 g/mol. The second kappa shape index (κ2) is 8.78. The van der Waals surface area contributed by atoms with E-state index in [0.717, 1.165) is 33.0 Å². The Morgan fingerprint density at radius 1 is 1.03 bits per heavy atom. The molecule has 3 N–H and O–H groups in total.